The maximum Gasteiger partial charge on any atom is 0.248 e. The van der Waals surface area contributed by atoms with Crippen LogP contribution in [0.1, 0.15) is 43.0 Å². The Morgan fingerprint density at radius 3 is 2.56 bits per heavy atom. The van der Waals surface area contributed by atoms with Crippen molar-refractivity contribution in [3.63, 3.8) is 0 Å². The Morgan fingerprint density at radius 2 is 1.85 bits per heavy atom. The zero-order valence-corrected chi connectivity index (χ0v) is 19.4. The van der Waals surface area contributed by atoms with Gasteiger partial charge in [-0.05, 0) is 44.0 Å². The Balaban J connectivity index is 1.67. The molecular weight excluding hydrogens is 458 g/mol. The molecule has 2 aliphatic rings. The molecule has 2 aromatic carbocycles. The van der Waals surface area contributed by atoms with Gasteiger partial charge in [0.2, 0.25) is 11.8 Å². The number of fused-ring (bicyclic) bond motifs is 1. The monoisotopic (exact) mass is 482 g/mol. The van der Waals surface area contributed by atoms with Crippen molar-refractivity contribution >= 4 is 29.3 Å². The van der Waals surface area contributed by atoms with Crippen molar-refractivity contribution in [2.24, 2.45) is 0 Å². The molecule has 1 saturated carbocycles. The predicted molar refractivity (Wildman–Crippen MR) is 126 cm³/mol. The fourth-order valence-electron chi connectivity index (χ4n) is 4.74. The van der Waals surface area contributed by atoms with E-state index in [0.717, 1.165) is 43.5 Å². The van der Waals surface area contributed by atoms with Gasteiger partial charge in [-0.2, -0.15) is 5.10 Å². The molecular formula is C25H24F2N4O2S. The minimum Gasteiger partial charge on any atom is -0.351 e. The third kappa shape index (κ3) is 4.09. The van der Waals surface area contributed by atoms with Crippen LogP contribution in [0.5, 0.6) is 0 Å². The second-order valence-electron chi connectivity index (χ2n) is 8.59. The molecule has 5 rings (SSSR count). The Morgan fingerprint density at radius 1 is 1.12 bits per heavy atom. The number of halogens is 2. The summed E-state index contributed by atoms with van der Waals surface area (Å²) in [6.07, 6.45) is 3.77. The number of nitrogens with one attached hydrogen (secondary N) is 1. The molecule has 34 heavy (non-hydrogen) atoms. The van der Waals surface area contributed by atoms with E-state index in [1.54, 1.807) is 11.6 Å². The van der Waals surface area contributed by atoms with Crippen LogP contribution in [0, 0.1) is 18.6 Å². The van der Waals surface area contributed by atoms with Gasteiger partial charge in [-0.15, -0.1) is 0 Å². The first-order valence-corrected chi connectivity index (χ1v) is 12.3. The average Bonchev–Trinajstić information content (AvgIpc) is 3.41. The fraction of sp³-hybridized carbons (Fsp3) is 0.320. The molecule has 2 amide bonds. The van der Waals surface area contributed by atoms with Gasteiger partial charge in [-0.25, -0.2) is 13.5 Å². The number of anilines is 1. The van der Waals surface area contributed by atoms with E-state index < -0.39 is 23.6 Å². The first kappa shape index (κ1) is 22.6. The summed E-state index contributed by atoms with van der Waals surface area (Å²) < 4.78 is 30.3. The van der Waals surface area contributed by atoms with Crippen molar-refractivity contribution in [3.8, 4) is 5.69 Å². The van der Waals surface area contributed by atoms with Crippen LogP contribution in [0.25, 0.3) is 5.69 Å². The quantitative estimate of drug-likeness (QED) is 0.586. The number of aryl methyl sites for hydroxylation is 1. The van der Waals surface area contributed by atoms with Gasteiger partial charge in [0.05, 0.1) is 22.8 Å². The minimum absolute atomic E-state index is 0.00588. The molecule has 2 heterocycles. The fourth-order valence-corrected chi connectivity index (χ4v) is 5.82. The Labute approximate surface area is 200 Å². The van der Waals surface area contributed by atoms with Crippen LogP contribution in [0.15, 0.2) is 53.6 Å². The number of carbonyl (C=O) groups excluding carboxylic acids is 2. The van der Waals surface area contributed by atoms with Gasteiger partial charge in [0.1, 0.15) is 22.7 Å². The number of para-hydroxylation sites is 1. The average molecular weight is 483 g/mol. The number of amides is 2. The van der Waals surface area contributed by atoms with Gasteiger partial charge in [0.15, 0.2) is 0 Å². The second-order valence-corrected chi connectivity index (χ2v) is 9.56. The van der Waals surface area contributed by atoms with Crippen molar-refractivity contribution in [1.29, 1.82) is 0 Å². The molecule has 1 aliphatic carbocycles. The summed E-state index contributed by atoms with van der Waals surface area (Å²) in [6.45, 7) is 1.78. The summed E-state index contributed by atoms with van der Waals surface area (Å²) in [4.78, 5) is 28.3. The zero-order chi connectivity index (χ0) is 23.8. The number of hydrogen-bond acceptors (Lipinski definition) is 4. The van der Waals surface area contributed by atoms with Crippen molar-refractivity contribution in [2.75, 3.05) is 10.7 Å². The minimum atomic E-state index is -1.13. The van der Waals surface area contributed by atoms with Crippen LogP contribution in [0.3, 0.4) is 0 Å². The molecule has 176 valence electrons. The van der Waals surface area contributed by atoms with Crippen LogP contribution < -0.4 is 10.2 Å². The van der Waals surface area contributed by atoms with E-state index in [0.29, 0.717) is 16.3 Å². The van der Waals surface area contributed by atoms with Crippen molar-refractivity contribution < 1.29 is 18.4 Å². The molecule has 9 heteroatoms. The van der Waals surface area contributed by atoms with Crippen molar-refractivity contribution in [2.45, 2.75) is 49.7 Å². The van der Waals surface area contributed by atoms with E-state index in [1.165, 1.54) is 22.7 Å². The summed E-state index contributed by atoms with van der Waals surface area (Å²) in [5, 5.41) is 8.41. The molecule has 1 aromatic heterocycles. The van der Waals surface area contributed by atoms with E-state index >= 15 is 0 Å². The molecule has 6 nitrogen and oxygen atoms in total. The highest BCUT2D eigenvalue weighted by Crippen LogP contribution is 2.41. The number of hydrogen-bond donors (Lipinski definition) is 1. The highest BCUT2D eigenvalue weighted by atomic mass is 32.2. The highest BCUT2D eigenvalue weighted by molar-refractivity contribution is 8.00. The number of nitrogens with zero attached hydrogens (tertiary/aromatic N) is 3. The van der Waals surface area contributed by atoms with Crippen LogP contribution in [-0.4, -0.2) is 33.4 Å². The number of carbonyl (C=O) groups is 2. The molecule has 0 saturated heterocycles. The Bertz CT molecular complexity index is 1240. The van der Waals surface area contributed by atoms with E-state index in [4.69, 9.17) is 0 Å². The summed E-state index contributed by atoms with van der Waals surface area (Å²) in [5.74, 6) is -2.48. The van der Waals surface area contributed by atoms with Gasteiger partial charge in [0, 0.05) is 17.7 Å². The molecule has 1 atom stereocenters. The second kappa shape index (κ2) is 9.21. The lowest BCUT2D eigenvalue weighted by molar-refractivity contribution is -0.126. The van der Waals surface area contributed by atoms with Gasteiger partial charge < -0.3 is 5.32 Å². The largest absolute Gasteiger partial charge is 0.351 e. The van der Waals surface area contributed by atoms with Gasteiger partial charge in [0.25, 0.3) is 0 Å². The van der Waals surface area contributed by atoms with Crippen molar-refractivity contribution in [1.82, 2.24) is 15.1 Å². The number of thioether (sulfide) groups is 1. The van der Waals surface area contributed by atoms with Crippen LogP contribution in [-0.2, 0) is 9.59 Å². The molecule has 0 spiro atoms. The van der Waals surface area contributed by atoms with Gasteiger partial charge >= 0.3 is 0 Å². The lowest BCUT2D eigenvalue weighted by Crippen LogP contribution is -2.46. The van der Waals surface area contributed by atoms with Gasteiger partial charge in [-0.3, -0.25) is 14.5 Å². The molecule has 3 aromatic rings. The number of benzene rings is 2. The SMILES string of the molecule is Cc1nn(-c2ccccc2)c2c1C(C(=O)NC1CCCC1)N(c1ccc(F)cc1F)C(=O)CS2. The van der Waals surface area contributed by atoms with E-state index in [-0.39, 0.29) is 23.4 Å². The first-order chi connectivity index (χ1) is 16.4. The van der Waals surface area contributed by atoms with E-state index in [9.17, 15) is 18.4 Å². The zero-order valence-electron chi connectivity index (χ0n) is 18.6. The maximum atomic E-state index is 14.9. The Hall–Kier alpha value is -3.20. The van der Waals surface area contributed by atoms with Crippen LogP contribution in [0.2, 0.25) is 0 Å². The molecule has 1 aliphatic heterocycles. The number of aromatic nitrogens is 2. The smallest absolute Gasteiger partial charge is 0.248 e. The topological polar surface area (TPSA) is 67.2 Å². The van der Waals surface area contributed by atoms with Crippen LogP contribution >= 0.6 is 11.8 Å². The summed E-state index contributed by atoms with van der Waals surface area (Å²) >= 11 is 1.26. The standard InChI is InChI=1S/C25H24F2N4O2S/c1-15-22-23(24(33)28-17-7-5-6-8-17)30(20-12-11-16(26)13-19(20)27)21(32)14-34-25(22)31(29-15)18-9-3-2-4-10-18/h2-4,9-13,17,23H,5-8,14H2,1H3,(H,28,33). The molecule has 1 unspecified atom stereocenters. The summed E-state index contributed by atoms with van der Waals surface area (Å²) in [5.41, 5.74) is 1.79. The van der Waals surface area contributed by atoms with E-state index in [1.807, 2.05) is 30.3 Å². The summed E-state index contributed by atoms with van der Waals surface area (Å²) in [7, 11) is 0. The third-order valence-electron chi connectivity index (χ3n) is 6.32. The lowest BCUT2D eigenvalue weighted by atomic mass is 10.0. The van der Waals surface area contributed by atoms with Crippen molar-refractivity contribution in [3.05, 3.63) is 71.4 Å². The molecule has 0 radical (unpaired) electrons. The molecule has 1 fully saturated rings. The maximum absolute atomic E-state index is 14.9. The number of rotatable bonds is 4. The normalized spacial score (nSPS) is 18.6. The summed E-state index contributed by atoms with van der Waals surface area (Å²) in [6, 6.07) is 11.4. The molecule has 1 N–H and O–H groups in total. The molecule has 0 bridgehead atoms. The lowest BCUT2D eigenvalue weighted by Gasteiger charge is -2.31. The Kier molecular flexibility index (Phi) is 6.12. The first-order valence-electron chi connectivity index (χ1n) is 11.3. The van der Waals surface area contributed by atoms with Crippen LogP contribution in [0.4, 0.5) is 14.5 Å². The third-order valence-corrected chi connectivity index (χ3v) is 7.37. The van der Waals surface area contributed by atoms with E-state index in [2.05, 4.69) is 10.4 Å². The predicted octanol–water partition coefficient (Wildman–Crippen LogP) is 4.70. The highest BCUT2D eigenvalue weighted by Gasteiger charge is 2.42. The van der Waals surface area contributed by atoms with Gasteiger partial charge in [-0.1, -0.05) is 42.8 Å².